The van der Waals surface area contributed by atoms with Gasteiger partial charge in [0.1, 0.15) is 11.5 Å². The number of nitrogens with zero attached hydrogens (tertiary/aromatic N) is 2. The highest BCUT2D eigenvalue weighted by Gasteiger charge is 2.31. The summed E-state index contributed by atoms with van der Waals surface area (Å²) in [6, 6.07) is 12.7. The number of hydrogen-bond acceptors (Lipinski definition) is 5. The molecular weight excluding hydrogens is 356 g/mol. The van der Waals surface area contributed by atoms with Gasteiger partial charge in [-0.3, -0.25) is 4.79 Å². The molecule has 0 unspecified atom stereocenters. The monoisotopic (exact) mass is 376 g/mol. The Hall–Kier alpha value is -2.58. The molecule has 0 radical (unpaired) electrons. The van der Waals surface area contributed by atoms with Gasteiger partial charge in [-0.05, 0) is 24.3 Å². The van der Waals surface area contributed by atoms with Crippen molar-refractivity contribution in [2.75, 3.05) is 33.3 Å². The molecule has 1 amide bonds. The first kappa shape index (κ1) is 18.2. The Morgan fingerprint density at radius 1 is 1.04 bits per heavy atom. The zero-order chi connectivity index (χ0) is 18.7. The van der Waals surface area contributed by atoms with Crippen LogP contribution in [0.4, 0.5) is 0 Å². The lowest BCUT2D eigenvalue weighted by Gasteiger charge is -2.34. The van der Waals surface area contributed by atoms with Crippen LogP contribution in [-0.2, 0) is 10.0 Å². The van der Waals surface area contributed by atoms with Gasteiger partial charge in [-0.1, -0.05) is 18.2 Å². The van der Waals surface area contributed by atoms with Crippen molar-refractivity contribution in [3.63, 3.8) is 0 Å². The van der Waals surface area contributed by atoms with Gasteiger partial charge in [0.2, 0.25) is 10.0 Å². The van der Waals surface area contributed by atoms with Gasteiger partial charge in [-0.25, -0.2) is 8.42 Å². The second kappa shape index (κ2) is 7.35. The van der Waals surface area contributed by atoms with Crippen LogP contribution in [0.2, 0.25) is 0 Å². The molecule has 1 aliphatic heterocycles. The molecule has 2 aromatic rings. The van der Waals surface area contributed by atoms with E-state index in [2.05, 4.69) is 0 Å². The van der Waals surface area contributed by atoms with Crippen molar-refractivity contribution in [3.05, 3.63) is 54.1 Å². The van der Waals surface area contributed by atoms with E-state index >= 15 is 0 Å². The summed E-state index contributed by atoms with van der Waals surface area (Å²) in [5.41, 5.74) is 0.171. The van der Waals surface area contributed by atoms with Crippen LogP contribution in [0.5, 0.6) is 11.5 Å². The molecule has 0 bridgehead atoms. The third kappa shape index (κ3) is 3.51. The zero-order valence-corrected chi connectivity index (χ0v) is 15.1. The van der Waals surface area contributed by atoms with Gasteiger partial charge in [0.15, 0.2) is 0 Å². The minimum atomic E-state index is -3.56. The zero-order valence-electron chi connectivity index (χ0n) is 14.3. The first-order valence-corrected chi connectivity index (χ1v) is 9.59. The Morgan fingerprint density at radius 2 is 1.69 bits per heavy atom. The van der Waals surface area contributed by atoms with Crippen molar-refractivity contribution in [2.24, 2.45) is 0 Å². The van der Waals surface area contributed by atoms with Crippen molar-refractivity contribution in [3.8, 4) is 11.5 Å². The lowest BCUT2D eigenvalue weighted by Crippen LogP contribution is -2.50. The lowest BCUT2D eigenvalue weighted by molar-refractivity contribution is 0.0695. The summed E-state index contributed by atoms with van der Waals surface area (Å²) in [6.07, 6.45) is 0. The predicted octanol–water partition coefficient (Wildman–Crippen LogP) is 1.55. The highest BCUT2D eigenvalue weighted by molar-refractivity contribution is 7.89. The quantitative estimate of drug-likeness (QED) is 0.875. The van der Waals surface area contributed by atoms with E-state index < -0.39 is 10.0 Å². The van der Waals surface area contributed by atoms with Gasteiger partial charge in [0.25, 0.3) is 5.91 Å². The molecule has 0 saturated carbocycles. The van der Waals surface area contributed by atoms with Gasteiger partial charge in [-0.2, -0.15) is 4.31 Å². The molecule has 1 aliphatic rings. The van der Waals surface area contributed by atoms with E-state index in [-0.39, 0.29) is 48.3 Å². The molecule has 1 fully saturated rings. The fraction of sp³-hybridized carbons (Fsp3) is 0.278. The maximum absolute atomic E-state index is 12.6. The van der Waals surface area contributed by atoms with Crippen molar-refractivity contribution >= 4 is 15.9 Å². The summed E-state index contributed by atoms with van der Waals surface area (Å²) in [5.74, 6) is -0.0339. The van der Waals surface area contributed by atoms with Crippen LogP contribution in [0, 0.1) is 0 Å². The predicted molar refractivity (Wildman–Crippen MR) is 95.8 cm³/mol. The minimum absolute atomic E-state index is 0.159. The minimum Gasteiger partial charge on any atom is -0.507 e. The largest absolute Gasteiger partial charge is 0.507 e. The van der Waals surface area contributed by atoms with Gasteiger partial charge in [0, 0.05) is 32.2 Å². The first-order valence-electron chi connectivity index (χ1n) is 8.15. The SMILES string of the molecule is COc1ccc(C(=O)N2CCN(S(=O)(=O)c3ccccc3)CC2)c(O)c1. The molecule has 0 aromatic heterocycles. The molecule has 1 heterocycles. The normalized spacial score (nSPS) is 15.7. The van der Waals surface area contributed by atoms with Gasteiger partial charge in [-0.15, -0.1) is 0 Å². The maximum atomic E-state index is 12.6. The number of rotatable bonds is 4. The van der Waals surface area contributed by atoms with Gasteiger partial charge >= 0.3 is 0 Å². The number of benzene rings is 2. The number of phenols is 1. The molecule has 138 valence electrons. The van der Waals surface area contributed by atoms with Crippen molar-refractivity contribution in [2.45, 2.75) is 4.90 Å². The topological polar surface area (TPSA) is 87.2 Å². The van der Waals surface area contributed by atoms with Crippen molar-refractivity contribution in [1.82, 2.24) is 9.21 Å². The number of piperazine rings is 1. The molecule has 26 heavy (non-hydrogen) atoms. The van der Waals surface area contributed by atoms with E-state index in [4.69, 9.17) is 4.74 Å². The number of methoxy groups -OCH3 is 1. The van der Waals surface area contributed by atoms with Gasteiger partial charge in [0.05, 0.1) is 17.6 Å². The summed E-state index contributed by atoms with van der Waals surface area (Å²) in [6.45, 7) is 0.937. The number of carbonyl (C=O) groups excluding carboxylic acids is 1. The van der Waals surface area contributed by atoms with Crippen LogP contribution in [-0.4, -0.2) is 61.9 Å². The Balaban J connectivity index is 1.70. The third-order valence-electron chi connectivity index (χ3n) is 4.34. The molecule has 3 rings (SSSR count). The number of ether oxygens (including phenoxy) is 1. The van der Waals surface area contributed by atoms with Crippen LogP contribution in [0.3, 0.4) is 0 Å². The molecule has 1 N–H and O–H groups in total. The van der Waals surface area contributed by atoms with Crippen molar-refractivity contribution in [1.29, 1.82) is 0 Å². The van der Waals surface area contributed by atoms with Crippen LogP contribution < -0.4 is 4.74 Å². The molecule has 0 spiro atoms. The fourth-order valence-corrected chi connectivity index (χ4v) is 4.31. The number of sulfonamides is 1. The third-order valence-corrected chi connectivity index (χ3v) is 6.26. The molecule has 8 heteroatoms. The molecule has 0 aliphatic carbocycles. The van der Waals surface area contributed by atoms with Crippen LogP contribution in [0.1, 0.15) is 10.4 Å². The Morgan fingerprint density at radius 3 is 2.27 bits per heavy atom. The Labute approximate surface area is 152 Å². The van der Waals surface area contributed by atoms with Crippen molar-refractivity contribution < 1.29 is 23.1 Å². The van der Waals surface area contributed by atoms with E-state index in [0.29, 0.717) is 5.75 Å². The van der Waals surface area contributed by atoms with Crippen LogP contribution in [0.25, 0.3) is 0 Å². The Bertz CT molecular complexity index is 891. The number of phenolic OH excluding ortho intramolecular Hbond substituents is 1. The molecule has 7 nitrogen and oxygen atoms in total. The number of hydrogen-bond donors (Lipinski definition) is 1. The fourth-order valence-electron chi connectivity index (χ4n) is 2.86. The highest BCUT2D eigenvalue weighted by atomic mass is 32.2. The van der Waals surface area contributed by atoms with E-state index in [9.17, 15) is 18.3 Å². The van der Waals surface area contributed by atoms with E-state index in [0.717, 1.165) is 0 Å². The maximum Gasteiger partial charge on any atom is 0.257 e. The number of aromatic hydroxyl groups is 1. The first-order chi connectivity index (χ1) is 12.4. The summed E-state index contributed by atoms with van der Waals surface area (Å²) in [5, 5.41) is 10.0. The average Bonchev–Trinajstić information content (AvgIpc) is 2.68. The molecule has 2 aromatic carbocycles. The van der Waals surface area contributed by atoms with Gasteiger partial charge < -0.3 is 14.7 Å². The second-order valence-corrected chi connectivity index (χ2v) is 7.83. The standard InChI is InChI=1S/C18H20N2O5S/c1-25-14-7-8-16(17(21)13-14)18(22)19-9-11-20(12-10-19)26(23,24)15-5-3-2-4-6-15/h2-8,13,21H,9-12H2,1H3. The number of amides is 1. The van der Waals surface area contributed by atoms with E-state index in [1.165, 1.54) is 23.5 Å². The van der Waals surface area contributed by atoms with Crippen LogP contribution >= 0.6 is 0 Å². The Kier molecular flexibility index (Phi) is 5.15. The van der Waals surface area contributed by atoms with Crippen LogP contribution in [0.15, 0.2) is 53.4 Å². The summed E-state index contributed by atoms with van der Waals surface area (Å²) in [7, 11) is -2.09. The summed E-state index contributed by atoms with van der Waals surface area (Å²) >= 11 is 0. The summed E-state index contributed by atoms with van der Waals surface area (Å²) < 4.78 is 31.6. The molecular formula is C18H20N2O5S. The highest BCUT2D eigenvalue weighted by Crippen LogP contribution is 2.25. The summed E-state index contributed by atoms with van der Waals surface area (Å²) in [4.78, 5) is 14.4. The molecule has 0 atom stereocenters. The van der Waals surface area contributed by atoms with E-state index in [1.807, 2.05) is 0 Å². The average molecular weight is 376 g/mol. The molecule has 1 saturated heterocycles. The lowest BCUT2D eigenvalue weighted by atomic mass is 10.1. The van der Waals surface area contributed by atoms with E-state index in [1.54, 1.807) is 41.3 Å². The smallest absolute Gasteiger partial charge is 0.257 e. The number of carbonyl (C=O) groups is 1. The second-order valence-electron chi connectivity index (χ2n) is 5.89.